The number of aromatic nitrogens is 1. The molecule has 24 heavy (non-hydrogen) atoms. The van der Waals surface area contributed by atoms with E-state index in [4.69, 9.17) is 10.3 Å². The van der Waals surface area contributed by atoms with Gasteiger partial charge in [0.1, 0.15) is 12.3 Å². The number of nitrogens with two attached hydrogens (primary N) is 1. The van der Waals surface area contributed by atoms with Gasteiger partial charge in [-0.2, -0.15) is 0 Å². The lowest BCUT2D eigenvalue weighted by Gasteiger charge is -2.10. The molecule has 0 saturated carbocycles. The summed E-state index contributed by atoms with van der Waals surface area (Å²) in [5, 5.41) is 6.67. The monoisotopic (exact) mass is 342 g/mol. The number of halogens is 3. The zero-order valence-corrected chi connectivity index (χ0v) is 13.1. The number of nitrogens with zero attached hydrogens (tertiary/aromatic N) is 2. The third kappa shape index (κ3) is 5.49. The summed E-state index contributed by atoms with van der Waals surface area (Å²) in [5.41, 5.74) is 7.03. The lowest BCUT2D eigenvalue weighted by Crippen LogP contribution is -2.22. The number of nitrogens with one attached hydrogen (secondary N) is 1. The van der Waals surface area contributed by atoms with Crippen LogP contribution in [0.25, 0.3) is 0 Å². The molecule has 0 fully saturated rings. The number of rotatable bonds is 5. The highest BCUT2D eigenvalue weighted by Crippen LogP contribution is 2.23. The predicted molar refractivity (Wildman–Crippen MR) is 82.7 cm³/mol. The Hall–Kier alpha value is -2.71. The number of aliphatic imine (C=N–C) groups is 1. The summed E-state index contributed by atoms with van der Waals surface area (Å²) < 4.78 is 45.1. The first kappa shape index (κ1) is 17.6. The average molecular weight is 342 g/mol. The molecule has 0 aliphatic carbocycles. The normalized spacial score (nSPS) is 12.5. The molecule has 0 radical (unpaired) electrons. The molecular weight excluding hydrogens is 325 g/mol. The van der Waals surface area contributed by atoms with E-state index in [-0.39, 0.29) is 24.2 Å². The Morgan fingerprint density at radius 3 is 2.54 bits per heavy atom. The van der Waals surface area contributed by atoms with E-state index in [0.717, 1.165) is 5.69 Å². The Kier molecular flexibility index (Phi) is 5.32. The molecule has 0 amide bonds. The van der Waals surface area contributed by atoms with Crippen LogP contribution in [0, 0.1) is 0 Å². The number of hydrogen-bond donors (Lipinski definition) is 2. The molecule has 6 nitrogen and oxygen atoms in total. The van der Waals surface area contributed by atoms with E-state index in [0.29, 0.717) is 11.4 Å². The summed E-state index contributed by atoms with van der Waals surface area (Å²) in [5.74, 6) is 0.602. The molecule has 3 N–H and O–H groups in total. The van der Waals surface area contributed by atoms with E-state index in [1.165, 1.54) is 24.3 Å². The third-order valence-corrected chi connectivity index (χ3v) is 2.93. The Balaban J connectivity index is 1.92. The van der Waals surface area contributed by atoms with E-state index in [9.17, 15) is 13.2 Å². The lowest BCUT2D eigenvalue weighted by molar-refractivity contribution is -0.274. The largest absolute Gasteiger partial charge is 0.573 e. The summed E-state index contributed by atoms with van der Waals surface area (Å²) >= 11 is 0. The standard InChI is InChI=1S/C15H17F3N4O2/c1-9(2)13-7-12(24-22-13)8-20-14(19)21-10-3-5-11(6-4-10)23-15(16,17)18/h3-7,9H,8H2,1-2H3,(H3,19,20,21). The molecule has 9 heteroatoms. The Bertz CT molecular complexity index is 693. The second-order valence-electron chi connectivity index (χ2n) is 5.27. The van der Waals surface area contributed by atoms with E-state index >= 15 is 0 Å². The minimum Gasteiger partial charge on any atom is -0.406 e. The maximum absolute atomic E-state index is 12.1. The van der Waals surface area contributed by atoms with Crippen molar-refractivity contribution in [1.82, 2.24) is 5.16 Å². The molecule has 0 unspecified atom stereocenters. The first-order valence-corrected chi connectivity index (χ1v) is 7.11. The molecule has 0 spiro atoms. The molecule has 0 bridgehead atoms. The number of benzene rings is 1. The summed E-state index contributed by atoms with van der Waals surface area (Å²) in [6, 6.07) is 6.94. The Morgan fingerprint density at radius 2 is 2.00 bits per heavy atom. The summed E-state index contributed by atoms with van der Waals surface area (Å²) in [7, 11) is 0. The molecule has 0 aliphatic heterocycles. The first-order valence-electron chi connectivity index (χ1n) is 7.11. The van der Waals surface area contributed by atoms with Gasteiger partial charge in [-0.1, -0.05) is 19.0 Å². The van der Waals surface area contributed by atoms with Crippen LogP contribution in [0.5, 0.6) is 5.75 Å². The number of guanidine groups is 1. The van der Waals surface area contributed by atoms with Crippen molar-refractivity contribution >= 4 is 11.6 Å². The maximum Gasteiger partial charge on any atom is 0.573 e. The maximum atomic E-state index is 12.1. The second kappa shape index (κ2) is 7.24. The summed E-state index contributed by atoms with van der Waals surface area (Å²) in [4.78, 5) is 4.08. The van der Waals surface area contributed by atoms with Crippen molar-refractivity contribution in [1.29, 1.82) is 0 Å². The van der Waals surface area contributed by atoms with Crippen LogP contribution in [-0.2, 0) is 6.54 Å². The highest BCUT2D eigenvalue weighted by atomic mass is 19.4. The van der Waals surface area contributed by atoms with Crippen molar-refractivity contribution in [2.45, 2.75) is 32.7 Å². The minimum atomic E-state index is -4.72. The molecule has 1 heterocycles. The number of ether oxygens (including phenoxy) is 1. The molecule has 0 saturated heterocycles. The van der Waals surface area contributed by atoms with Crippen molar-refractivity contribution in [3.05, 3.63) is 41.8 Å². The van der Waals surface area contributed by atoms with Gasteiger partial charge in [0, 0.05) is 11.8 Å². The van der Waals surface area contributed by atoms with Gasteiger partial charge >= 0.3 is 6.36 Å². The van der Waals surface area contributed by atoms with E-state index in [1.54, 1.807) is 6.07 Å². The second-order valence-corrected chi connectivity index (χ2v) is 5.27. The Morgan fingerprint density at radius 1 is 1.33 bits per heavy atom. The topological polar surface area (TPSA) is 85.7 Å². The number of alkyl halides is 3. The highest BCUT2D eigenvalue weighted by molar-refractivity contribution is 5.92. The van der Waals surface area contributed by atoms with Gasteiger partial charge in [0.25, 0.3) is 0 Å². The van der Waals surface area contributed by atoms with Gasteiger partial charge in [0.2, 0.25) is 0 Å². The van der Waals surface area contributed by atoms with E-state index < -0.39 is 6.36 Å². The van der Waals surface area contributed by atoms with Gasteiger partial charge in [0.15, 0.2) is 11.7 Å². The third-order valence-electron chi connectivity index (χ3n) is 2.93. The van der Waals surface area contributed by atoms with Crippen LogP contribution in [0.2, 0.25) is 0 Å². The molecule has 2 rings (SSSR count). The van der Waals surface area contributed by atoms with Gasteiger partial charge in [-0.15, -0.1) is 13.2 Å². The zero-order chi connectivity index (χ0) is 17.7. The van der Waals surface area contributed by atoms with Crippen molar-refractivity contribution in [2.75, 3.05) is 5.32 Å². The van der Waals surface area contributed by atoms with Crippen molar-refractivity contribution in [3.8, 4) is 5.75 Å². The van der Waals surface area contributed by atoms with Gasteiger partial charge in [-0.25, -0.2) is 4.99 Å². The van der Waals surface area contributed by atoms with Crippen LogP contribution >= 0.6 is 0 Å². The molecule has 130 valence electrons. The molecular formula is C15H17F3N4O2. The number of anilines is 1. The van der Waals surface area contributed by atoms with Crippen molar-refractivity contribution < 1.29 is 22.4 Å². The fourth-order valence-electron chi connectivity index (χ4n) is 1.77. The van der Waals surface area contributed by atoms with Crippen molar-refractivity contribution in [2.24, 2.45) is 10.7 Å². The summed E-state index contributed by atoms with van der Waals surface area (Å²) in [6.07, 6.45) is -4.72. The van der Waals surface area contributed by atoms with Crippen LogP contribution in [0.3, 0.4) is 0 Å². The minimum absolute atomic E-state index is 0.0991. The van der Waals surface area contributed by atoms with Crippen LogP contribution in [0.1, 0.15) is 31.2 Å². The van der Waals surface area contributed by atoms with Crippen LogP contribution in [0.15, 0.2) is 39.8 Å². The van der Waals surface area contributed by atoms with Gasteiger partial charge < -0.3 is 20.3 Å². The molecule has 1 aromatic carbocycles. The van der Waals surface area contributed by atoms with Crippen LogP contribution in [-0.4, -0.2) is 17.5 Å². The quantitative estimate of drug-likeness (QED) is 0.640. The molecule has 0 atom stereocenters. The highest BCUT2D eigenvalue weighted by Gasteiger charge is 2.30. The average Bonchev–Trinajstić information content (AvgIpc) is 2.95. The van der Waals surface area contributed by atoms with E-state index in [2.05, 4.69) is 20.2 Å². The summed E-state index contributed by atoms with van der Waals surface area (Å²) in [6.45, 7) is 4.19. The predicted octanol–water partition coefficient (Wildman–Crippen LogP) is 3.62. The molecule has 1 aromatic heterocycles. The van der Waals surface area contributed by atoms with Gasteiger partial charge in [0.05, 0.1) is 5.69 Å². The Labute approximate surface area is 136 Å². The SMILES string of the molecule is CC(C)c1cc(CN=C(N)Nc2ccc(OC(F)(F)F)cc2)on1. The van der Waals surface area contributed by atoms with E-state index in [1.807, 2.05) is 13.8 Å². The molecule has 0 aliphatic rings. The van der Waals surface area contributed by atoms with Gasteiger partial charge in [-0.3, -0.25) is 0 Å². The van der Waals surface area contributed by atoms with Crippen LogP contribution < -0.4 is 15.8 Å². The fraction of sp³-hybridized carbons (Fsp3) is 0.333. The van der Waals surface area contributed by atoms with Crippen LogP contribution in [0.4, 0.5) is 18.9 Å². The number of hydrogen-bond acceptors (Lipinski definition) is 4. The first-order chi connectivity index (χ1) is 11.2. The molecule has 2 aromatic rings. The van der Waals surface area contributed by atoms with Crippen molar-refractivity contribution in [3.63, 3.8) is 0 Å². The van der Waals surface area contributed by atoms with Gasteiger partial charge in [-0.05, 0) is 30.2 Å². The lowest BCUT2D eigenvalue weighted by atomic mass is 10.1. The fourth-order valence-corrected chi connectivity index (χ4v) is 1.77. The zero-order valence-electron chi connectivity index (χ0n) is 13.1. The smallest absolute Gasteiger partial charge is 0.406 e.